The molecule has 1 saturated heterocycles. The van der Waals surface area contributed by atoms with Crippen molar-refractivity contribution < 1.29 is 0 Å². The van der Waals surface area contributed by atoms with Crippen molar-refractivity contribution in [2.75, 3.05) is 13.6 Å². The zero-order chi connectivity index (χ0) is 8.10. The zero-order valence-electron chi connectivity index (χ0n) is 7.21. The molecule has 11 heavy (non-hydrogen) atoms. The van der Waals surface area contributed by atoms with E-state index in [4.69, 9.17) is 5.26 Å². The highest BCUT2D eigenvalue weighted by molar-refractivity contribution is 4.82. The van der Waals surface area contributed by atoms with E-state index in [0.29, 0.717) is 12.5 Å². The quantitative estimate of drug-likeness (QED) is 0.572. The summed E-state index contributed by atoms with van der Waals surface area (Å²) in [5.74, 6) is 0. The lowest BCUT2D eigenvalue weighted by Gasteiger charge is -2.22. The Morgan fingerprint density at radius 1 is 1.45 bits per heavy atom. The molecule has 1 rings (SSSR count). The van der Waals surface area contributed by atoms with Gasteiger partial charge in [-0.05, 0) is 26.4 Å². The maximum Gasteiger partial charge on any atom is 0.0638 e. The van der Waals surface area contributed by atoms with E-state index < -0.39 is 0 Å². The smallest absolute Gasteiger partial charge is 0.0638 e. The molecule has 0 radical (unpaired) electrons. The van der Waals surface area contributed by atoms with Crippen LogP contribution in [0.1, 0.15) is 32.1 Å². The van der Waals surface area contributed by atoms with Gasteiger partial charge in [0.1, 0.15) is 0 Å². The van der Waals surface area contributed by atoms with Gasteiger partial charge in [-0.15, -0.1) is 0 Å². The predicted octanol–water partition coefficient (Wildman–Crippen LogP) is 1.77. The fraction of sp³-hybridized carbons (Fsp3) is 0.889. The van der Waals surface area contributed by atoms with E-state index in [1.165, 1.54) is 32.2 Å². The molecular weight excluding hydrogens is 136 g/mol. The summed E-state index contributed by atoms with van der Waals surface area (Å²) in [5.41, 5.74) is 0. The summed E-state index contributed by atoms with van der Waals surface area (Å²) in [6.07, 6.45) is 5.86. The van der Waals surface area contributed by atoms with E-state index in [-0.39, 0.29) is 0 Å². The summed E-state index contributed by atoms with van der Waals surface area (Å²) >= 11 is 0. The van der Waals surface area contributed by atoms with Crippen LogP contribution in [0.25, 0.3) is 0 Å². The molecule has 0 aromatic rings. The molecule has 0 aromatic heterocycles. The van der Waals surface area contributed by atoms with Crippen molar-refractivity contribution >= 4 is 0 Å². The Morgan fingerprint density at radius 3 is 3.00 bits per heavy atom. The maximum atomic E-state index is 8.55. The Hall–Kier alpha value is -0.550. The average molecular weight is 152 g/mol. The first-order chi connectivity index (χ1) is 5.34. The van der Waals surface area contributed by atoms with E-state index in [2.05, 4.69) is 18.0 Å². The minimum Gasteiger partial charge on any atom is -0.302 e. The molecule has 1 fully saturated rings. The molecule has 1 heterocycles. The molecule has 1 aliphatic heterocycles. The fourth-order valence-corrected chi connectivity index (χ4v) is 1.68. The Balaban J connectivity index is 2.40. The first-order valence-electron chi connectivity index (χ1n) is 4.42. The lowest BCUT2D eigenvalue weighted by Crippen LogP contribution is -2.30. The standard InChI is InChI=1S/C9H16N2/c1-11-8-4-2-3-5-9(11)6-7-10/h9H,2-6,8H2,1H3. The minimum absolute atomic E-state index is 0.530. The lowest BCUT2D eigenvalue weighted by molar-refractivity contribution is 0.250. The van der Waals surface area contributed by atoms with E-state index in [1.807, 2.05) is 0 Å². The molecule has 2 nitrogen and oxygen atoms in total. The van der Waals surface area contributed by atoms with Crippen molar-refractivity contribution in [3.63, 3.8) is 0 Å². The van der Waals surface area contributed by atoms with Crippen LogP contribution in [0.2, 0.25) is 0 Å². The number of likely N-dealkylation sites (tertiary alicyclic amines) is 1. The Kier molecular flexibility index (Phi) is 3.38. The van der Waals surface area contributed by atoms with Gasteiger partial charge in [0.25, 0.3) is 0 Å². The van der Waals surface area contributed by atoms with Crippen LogP contribution in [-0.4, -0.2) is 24.5 Å². The molecule has 0 spiro atoms. The highest BCUT2D eigenvalue weighted by Crippen LogP contribution is 2.16. The van der Waals surface area contributed by atoms with Crippen molar-refractivity contribution in [1.29, 1.82) is 5.26 Å². The van der Waals surface area contributed by atoms with Crippen LogP contribution in [0.5, 0.6) is 0 Å². The third-order valence-corrected chi connectivity index (χ3v) is 2.50. The largest absolute Gasteiger partial charge is 0.302 e. The fourth-order valence-electron chi connectivity index (χ4n) is 1.68. The second kappa shape index (κ2) is 4.35. The normalized spacial score (nSPS) is 27.5. The molecule has 62 valence electrons. The molecule has 0 aliphatic carbocycles. The second-order valence-electron chi connectivity index (χ2n) is 3.35. The number of nitrogens with zero attached hydrogens (tertiary/aromatic N) is 2. The second-order valence-corrected chi connectivity index (χ2v) is 3.35. The number of nitriles is 1. The van der Waals surface area contributed by atoms with Gasteiger partial charge in [0.15, 0.2) is 0 Å². The van der Waals surface area contributed by atoms with E-state index in [9.17, 15) is 0 Å². The van der Waals surface area contributed by atoms with Gasteiger partial charge in [-0.1, -0.05) is 12.8 Å². The van der Waals surface area contributed by atoms with Crippen LogP contribution in [0, 0.1) is 11.3 Å². The molecule has 1 aliphatic rings. The Labute approximate surface area is 68.8 Å². The van der Waals surface area contributed by atoms with Gasteiger partial charge in [-0.2, -0.15) is 5.26 Å². The monoisotopic (exact) mass is 152 g/mol. The summed E-state index contributed by atoms with van der Waals surface area (Å²) in [4.78, 5) is 2.33. The molecule has 0 amide bonds. The van der Waals surface area contributed by atoms with Crippen LogP contribution in [-0.2, 0) is 0 Å². The van der Waals surface area contributed by atoms with Gasteiger partial charge in [0, 0.05) is 6.04 Å². The third-order valence-electron chi connectivity index (χ3n) is 2.50. The van der Waals surface area contributed by atoms with Crippen molar-refractivity contribution in [3.05, 3.63) is 0 Å². The first kappa shape index (κ1) is 8.55. The van der Waals surface area contributed by atoms with Crippen molar-refractivity contribution in [2.24, 2.45) is 0 Å². The summed E-state index contributed by atoms with van der Waals surface area (Å²) in [6, 6.07) is 2.78. The SMILES string of the molecule is CN1CCCCCC1CC#N. The van der Waals surface area contributed by atoms with Crippen molar-refractivity contribution in [3.8, 4) is 6.07 Å². The molecule has 0 aromatic carbocycles. The maximum absolute atomic E-state index is 8.55. The molecule has 0 bridgehead atoms. The van der Waals surface area contributed by atoms with Crippen molar-refractivity contribution in [2.45, 2.75) is 38.1 Å². The van der Waals surface area contributed by atoms with E-state index in [0.717, 1.165) is 0 Å². The number of hydrogen-bond acceptors (Lipinski definition) is 2. The summed E-state index contributed by atoms with van der Waals surface area (Å²) in [6.45, 7) is 1.17. The van der Waals surface area contributed by atoms with Crippen molar-refractivity contribution in [1.82, 2.24) is 4.90 Å². The summed E-state index contributed by atoms with van der Waals surface area (Å²) in [5, 5.41) is 8.55. The summed E-state index contributed by atoms with van der Waals surface area (Å²) in [7, 11) is 2.13. The van der Waals surface area contributed by atoms with Gasteiger partial charge in [0.05, 0.1) is 12.5 Å². The topological polar surface area (TPSA) is 27.0 Å². The first-order valence-corrected chi connectivity index (χ1v) is 4.42. The lowest BCUT2D eigenvalue weighted by atomic mass is 10.1. The van der Waals surface area contributed by atoms with Crippen LogP contribution >= 0.6 is 0 Å². The van der Waals surface area contributed by atoms with Gasteiger partial charge in [0.2, 0.25) is 0 Å². The molecule has 2 heteroatoms. The van der Waals surface area contributed by atoms with Crippen LogP contribution in [0.4, 0.5) is 0 Å². The molecule has 0 N–H and O–H groups in total. The third kappa shape index (κ3) is 2.51. The highest BCUT2D eigenvalue weighted by Gasteiger charge is 2.16. The number of rotatable bonds is 1. The Morgan fingerprint density at radius 2 is 2.27 bits per heavy atom. The summed E-state index contributed by atoms with van der Waals surface area (Å²) < 4.78 is 0. The van der Waals surface area contributed by atoms with E-state index in [1.54, 1.807) is 0 Å². The van der Waals surface area contributed by atoms with Gasteiger partial charge < -0.3 is 4.90 Å². The minimum atomic E-state index is 0.530. The van der Waals surface area contributed by atoms with E-state index >= 15 is 0 Å². The van der Waals surface area contributed by atoms with Gasteiger partial charge >= 0.3 is 0 Å². The molecule has 1 unspecified atom stereocenters. The van der Waals surface area contributed by atoms with Crippen LogP contribution in [0.15, 0.2) is 0 Å². The zero-order valence-corrected chi connectivity index (χ0v) is 7.21. The highest BCUT2D eigenvalue weighted by atomic mass is 15.1. The van der Waals surface area contributed by atoms with Gasteiger partial charge in [-0.3, -0.25) is 0 Å². The van der Waals surface area contributed by atoms with Gasteiger partial charge in [-0.25, -0.2) is 0 Å². The molecule has 0 saturated carbocycles. The molecule has 1 atom stereocenters. The molecular formula is C9H16N2. The Bertz CT molecular complexity index is 148. The van der Waals surface area contributed by atoms with Crippen LogP contribution in [0.3, 0.4) is 0 Å². The van der Waals surface area contributed by atoms with Crippen LogP contribution < -0.4 is 0 Å². The number of hydrogen-bond donors (Lipinski definition) is 0. The average Bonchev–Trinajstić information content (AvgIpc) is 2.18. The predicted molar refractivity (Wildman–Crippen MR) is 45.1 cm³/mol.